The Balaban J connectivity index is 1.66. The Labute approximate surface area is 130 Å². The van der Waals surface area contributed by atoms with Crippen LogP contribution in [-0.2, 0) is 6.54 Å². The van der Waals surface area contributed by atoms with E-state index in [9.17, 15) is 0 Å². The lowest BCUT2D eigenvalue weighted by molar-refractivity contribution is 0.458. The van der Waals surface area contributed by atoms with Gasteiger partial charge in [-0.05, 0) is 61.9 Å². The van der Waals surface area contributed by atoms with Crippen molar-refractivity contribution in [2.24, 2.45) is 0 Å². The second-order valence-corrected chi connectivity index (χ2v) is 6.28. The standard InChI is InChI=1S/C17H20N2OS/c1-12-9-13(10-18-14-3-4-14)11-19-17(12)20-15-5-7-16(21-2)8-6-15/h5-9,11,14,18H,3-4,10H2,1-2H3. The molecule has 2 aromatic rings. The van der Waals surface area contributed by atoms with E-state index in [0.717, 1.165) is 23.9 Å². The summed E-state index contributed by atoms with van der Waals surface area (Å²) in [5.41, 5.74) is 2.28. The number of aromatic nitrogens is 1. The van der Waals surface area contributed by atoms with Crippen molar-refractivity contribution in [3.05, 3.63) is 47.7 Å². The van der Waals surface area contributed by atoms with Gasteiger partial charge in [0.25, 0.3) is 0 Å². The summed E-state index contributed by atoms with van der Waals surface area (Å²) < 4.78 is 5.86. The van der Waals surface area contributed by atoms with Gasteiger partial charge < -0.3 is 10.1 Å². The van der Waals surface area contributed by atoms with Crippen LogP contribution in [0, 0.1) is 6.92 Å². The highest BCUT2D eigenvalue weighted by Crippen LogP contribution is 2.26. The van der Waals surface area contributed by atoms with E-state index in [2.05, 4.69) is 34.8 Å². The van der Waals surface area contributed by atoms with Crippen molar-refractivity contribution in [3.8, 4) is 11.6 Å². The Bertz CT molecular complexity index is 609. The quantitative estimate of drug-likeness (QED) is 0.812. The van der Waals surface area contributed by atoms with E-state index in [1.807, 2.05) is 25.3 Å². The smallest absolute Gasteiger partial charge is 0.222 e. The number of thioether (sulfide) groups is 1. The summed E-state index contributed by atoms with van der Waals surface area (Å²) in [6, 6.07) is 10.9. The molecule has 1 heterocycles. The summed E-state index contributed by atoms with van der Waals surface area (Å²) in [5, 5.41) is 3.50. The van der Waals surface area contributed by atoms with E-state index in [0.29, 0.717) is 5.88 Å². The fourth-order valence-electron chi connectivity index (χ4n) is 2.13. The Morgan fingerprint density at radius 1 is 1.29 bits per heavy atom. The average molecular weight is 300 g/mol. The van der Waals surface area contributed by atoms with Crippen molar-refractivity contribution < 1.29 is 4.74 Å². The molecule has 0 aliphatic heterocycles. The van der Waals surface area contributed by atoms with Crippen LogP contribution in [0.15, 0.2) is 41.4 Å². The minimum absolute atomic E-state index is 0.682. The van der Waals surface area contributed by atoms with Crippen LogP contribution in [0.4, 0.5) is 0 Å². The van der Waals surface area contributed by atoms with Crippen LogP contribution in [0.25, 0.3) is 0 Å². The molecule has 1 aromatic heterocycles. The highest BCUT2D eigenvalue weighted by molar-refractivity contribution is 7.98. The topological polar surface area (TPSA) is 34.1 Å². The summed E-state index contributed by atoms with van der Waals surface area (Å²) in [6.45, 7) is 2.93. The molecule has 110 valence electrons. The zero-order valence-corrected chi connectivity index (χ0v) is 13.2. The Morgan fingerprint density at radius 2 is 2.05 bits per heavy atom. The number of pyridine rings is 1. The number of hydrogen-bond donors (Lipinski definition) is 1. The van der Waals surface area contributed by atoms with Gasteiger partial charge in [-0.25, -0.2) is 4.98 Å². The number of benzene rings is 1. The minimum Gasteiger partial charge on any atom is -0.439 e. The minimum atomic E-state index is 0.682. The van der Waals surface area contributed by atoms with Crippen LogP contribution >= 0.6 is 11.8 Å². The summed E-state index contributed by atoms with van der Waals surface area (Å²) in [6.07, 6.45) is 6.57. The monoisotopic (exact) mass is 300 g/mol. The van der Waals surface area contributed by atoms with Gasteiger partial charge in [0.2, 0.25) is 5.88 Å². The zero-order chi connectivity index (χ0) is 14.7. The highest BCUT2D eigenvalue weighted by atomic mass is 32.2. The van der Waals surface area contributed by atoms with Crippen molar-refractivity contribution >= 4 is 11.8 Å². The first-order valence-corrected chi connectivity index (χ1v) is 8.48. The molecule has 0 radical (unpaired) electrons. The van der Waals surface area contributed by atoms with Gasteiger partial charge in [0.1, 0.15) is 5.75 Å². The number of ether oxygens (including phenoxy) is 1. The molecule has 0 unspecified atom stereocenters. The summed E-state index contributed by atoms with van der Waals surface area (Å²) in [7, 11) is 0. The van der Waals surface area contributed by atoms with E-state index in [1.54, 1.807) is 11.8 Å². The molecule has 3 rings (SSSR count). The first-order valence-electron chi connectivity index (χ1n) is 7.25. The van der Waals surface area contributed by atoms with Crippen LogP contribution in [0.5, 0.6) is 11.6 Å². The maximum atomic E-state index is 5.86. The molecule has 0 bridgehead atoms. The van der Waals surface area contributed by atoms with Crippen molar-refractivity contribution in [3.63, 3.8) is 0 Å². The van der Waals surface area contributed by atoms with Crippen LogP contribution in [-0.4, -0.2) is 17.3 Å². The van der Waals surface area contributed by atoms with Crippen LogP contribution in [0.3, 0.4) is 0 Å². The van der Waals surface area contributed by atoms with Crippen molar-refractivity contribution in [1.29, 1.82) is 0 Å². The Morgan fingerprint density at radius 3 is 2.67 bits per heavy atom. The molecule has 0 amide bonds. The zero-order valence-electron chi connectivity index (χ0n) is 12.4. The number of nitrogens with one attached hydrogen (secondary N) is 1. The summed E-state index contributed by atoms with van der Waals surface area (Å²) >= 11 is 1.72. The third kappa shape index (κ3) is 3.99. The molecule has 1 N–H and O–H groups in total. The van der Waals surface area contributed by atoms with Gasteiger partial charge in [0, 0.05) is 29.2 Å². The maximum absolute atomic E-state index is 5.86. The lowest BCUT2D eigenvalue weighted by Gasteiger charge is -2.10. The molecule has 3 nitrogen and oxygen atoms in total. The van der Waals surface area contributed by atoms with E-state index in [1.165, 1.54) is 23.3 Å². The largest absolute Gasteiger partial charge is 0.439 e. The van der Waals surface area contributed by atoms with Gasteiger partial charge in [-0.15, -0.1) is 11.8 Å². The van der Waals surface area contributed by atoms with E-state index in [4.69, 9.17) is 4.74 Å². The molecular formula is C17H20N2OS. The van der Waals surface area contributed by atoms with E-state index in [-0.39, 0.29) is 0 Å². The molecule has 0 saturated heterocycles. The van der Waals surface area contributed by atoms with Crippen molar-refractivity contribution in [2.45, 2.75) is 37.2 Å². The second kappa shape index (κ2) is 6.50. The van der Waals surface area contributed by atoms with E-state index >= 15 is 0 Å². The second-order valence-electron chi connectivity index (χ2n) is 5.40. The first kappa shape index (κ1) is 14.4. The molecule has 1 saturated carbocycles. The van der Waals surface area contributed by atoms with Gasteiger partial charge in [-0.3, -0.25) is 0 Å². The SMILES string of the molecule is CSc1ccc(Oc2ncc(CNC3CC3)cc2C)cc1. The van der Waals surface area contributed by atoms with Crippen molar-refractivity contribution in [1.82, 2.24) is 10.3 Å². The Hall–Kier alpha value is -1.52. The van der Waals surface area contributed by atoms with Gasteiger partial charge in [-0.1, -0.05) is 0 Å². The highest BCUT2D eigenvalue weighted by Gasteiger charge is 2.20. The molecule has 0 atom stereocenters. The maximum Gasteiger partial charge on any atom is 0.222 e. The normalized spacial score (nSPS) is 14.2. The van der Waals surface area contributed by atoms with Gasteiger partial charge >= 0.3 is 0 Å². The third-order valence-corrected chi connectivity index (χ3v) is 4.28. The molecule has 1 aliphatic rings. The molecule has 4 heteroatoms. The van der Waals surface area contributed by atoms with Gasteiger partial charge in [0.05, 0.1) is 0 Å². The molecule has 21 heavy (non-hydrogen) atoms. The van der Waals surface area contributed by atoms with Gasteiger partial charge in [0.15, 0.2) is 0 Å². The van der Waals surface area contributed by atoms with Crippen molar-refractivity contribution in [2.75, 3.05) is 6.26 Å². The van der Waals surface area contributed by atoms with E-state index < -0.39 is 0 Å². The molecular weight excluding hydrogens is 280 g/mol. The number of hydrogen-bond acceptors (Lipinski definition) is 4. The lowest BCUT2D eigenvalue weighted by atomic mass is 10.2. The molecule has 1 aromatic carbocycles. The Kier molecular flexibility index (Phi) is 4.46. The first-order chi connectivity index (χ1) is 10.2. The van der Waals surface area contributed by atoms with Crippen LogP contribution in [0.2, 0.25) is 0 Å². The van der Waals surface area contributed by atoms with Crippen LogP contribution in [0.1, 0.15) is 24.0 Å². The average Bonchev–Trinajstić information content (AvgIpc) is 3.33. The lowest BCUT2D eigenvalue weighted by Crippen LogP contribution is -2.15. The number of rotatable bonds is 6. The fraction of sp³-hybridized carbons (Fsp3) is 0.353. The third-order valence-electron chi connectivity index (χ3n) is 3.53. The predicted molar refractivity (Wildman–Crippen MR) is 87.1 cm³/mol. The summed E-state index contributed by atoms with van der Waals surface area (Å²) in [4.78, 5) is 5.68. The number of nitrogens with zero attached hydrogens (tertiary/aromatic N) is 1. The molecule has 1 aliphatic carbocycles. The number of aryl methyl sites for hydroxylation is 1. The predicted octanol–water partition coefficient (Wildman–Crippen LogP) is 4.16. The summed E-state index contributed by atoms with van der Waals surface area (Å²) in [5.74, 6) is 1.51. The van der Waals surface area contributed by atoms with Gasteiger partial charge in [-0.2, -0.15) is 0 Å². The molecule has 1 fully saturated rings. The fourth-order valence-corrected chi connectivity index (χ4v) is 2.54. The molecule has 0 spiro atoms. The van der Waals surface area contributed by atoms with Crippen LogP contribution < -0.4 is 10.1 Å².